The second-order valence-electron chi connectivity index (χ2n) is 5.93. The molecule has 1 aliphatic heterocycles. The standard InChI is InChI=1S/C18H17ClFN3O4/c19-12-3-1-4-13(20)16(12)17(25)21-11-15(24)22-6-8-23(9-7-22)18(26)14-5-2-10-27-14/h1-5,10H,6-9,11H2,(H,21,25). The van der Waals surface area contributed by atoms with Crippen molar-refractivity contribution in [3.8, 4) is 0 Å². The molecule has 3 amide bonds. The van der Waals surface area contributed by atoms with Gasteiger partial charge in [-0.05, 0) is 24.3 Å². The van der Waals surface area contributed by atoms with E-state index in [1.165, 1.54) is 23.3 Å². The van der Waals surface area contributed by atoms with E-state index in [0.29, 0.717) is 26.2 Å². The van der Waals surface area contributed by atoms with Crippen LogP contribution in [0.4, 0.5) is 4.39 Å². The van der Waals surface area contributed by atoms with Crippen molar-refractivity contribution in [2.24, 2.45) is 0 Å². The average Bonchev–Trinajstić information content (AvgIpc) is 3.20. The third-order valence-electron chi connectivity index (χ3n) is 4.24. The predicted octanol–water partition coefficient (Wildman–Crippen LogP) is 1.79. The van der Waals surface area contributed by atoms with Crippen LogP contribution in [0.5, 0.6) is 0 Å². The molecule has 0 spiro atoms. The van der Waals surface area contributed by atoms with Crippen molar-refractivity contribution in [3.63, 3.8) is 0 Å². The summed E-state index contributed by atoms with van der Waals surface area (Å²) in [5, 5.41) is 2.36. The second kappa shape index (κ2) is 8.22. The summed E-state index contributed by atoms with van der Waals surface area (Å²) in [6.45, 7) is 1.11. The Hall–Kier alpha value is -2.87. The minimum atomic E-state index is -0.752. The molecular weight excluding hydrogens is 377 g/mol. The van der Waals surface area contributed by atoms with Gasteiger partial charge in [-0.15, -0.1) is 0 Å². The van der Waals surface area contributed by atoms with E-state index in [9.17, 15) is 18.8 Å². The molecule has 142 valence electrons. The Labute approximate surface area is 159 Å². The van der Waals surface area contributed by atoms with Crippen LogP contribution in [0.1, 0.15) is 20.9 Å². The lowest BCUT2D eigenvalue weighted by Crippen LogP contribution is -2.52. The minimum Gasteiger partial charge on any atom is -0.459 e. The van der Waals surface area contributed by atoms with Crippen molar-refractivity contribution in [1.29, 1.82) is 0 Å². The molecule has 0 unspecified atom stereocenters. The van der Waals surface area contributed by atoms with Crippen LogP contribution in [-0.4, -0.2) is 60.2 Å². The van der Waals surface area contributed by atoms with Gasteiger partial charge in [0.05, 0.1) is 23.4 Å². The van der Waals surface area contributed by atoms with Gasteiger partial charge in [0.25, 0.3) is 11.8 Å². The van der Waals surface area contributed by atoms with E-state index in [-0.39, 0.29) is 34.7 Å². The molecule has 1 saturated heterocycles. The molecule has 0 bridgehead atoms. The topological polar surface area (TPSA) is 82.9 Å². The Balaban J connectivity index is 1.50. The molecular formula is C18H17ClFN3O4. The number of rotatable bonds is 4. The zero-order chi connectivity index (χ0) is 19.4. The predicted molar refractivity (Wildman–Crippen MR) is 94.9 cm³/mol. The number of piperazine rings is 1. The zero-order valence-corrected chi connectivity index (χ0v) is 15.0. The molecule has 2 heterocycles. The molecule has 0 atom stereocenters. The van der Waals surface area contributed by atoms with Crippen LogP contribution in [0.2, 0.25) is 5.02 Å². The quantitative estimate of drug-likeness (QED) is 0.858. The Morgan fingerprint density at radius 1 is 1.07 bits per heavy atom. The molecule has 2 aromatic rings. The fourth-order valence-corrected chi connectivity index (χ4v) is 3.03. The summed E-state index contributed by atoms with van der Waals surface area (Å²) in [7, 11) is 0. The summed E-state index contributed by atoms with van der Waals surface area (Å²) in [6.07, 6.45) is 1.43. The van der Waals surface area contributed by atoms with Crippen molar-refractivity contribution in [1.82, 2.24) is 15.1 Å². The summed E-state index contributed by atoms with van der Waals surface area (Å²) in [5.74, 6) is -1.80. The van der Waals surface area contributed by atoms with Crippen LogP contribution in [0, 0.1) is 5.82 Å². The number of carbonyl (C=O) groups is 3. The molecule has 1 aromatic carbocycles. The summed E-state index contributed by atoms with van der Waals surface area (Å²) in [5.41, 5.74) is -0.291. The van der Waals surface area contributed by atoms with Crippen LogP contribution in [0.25, 0.3) is 0 Å². The number of benzene rings is 1. The number of carbonyl (C=O) groups excluding carboxylic acids is 3. The molecule has 0 aliphatic carbocycles. The van der Waals surface area contributed by atoms with E-state index in [1.54, 1.807) is 17.0 Å². The van der Waals surface area contributed by atoms with Gasteiger partial charge >= 0.3 is 0 Å². The summed E-state index contributed by atoms with van der Waals surface area (Å²) >= 11 is 5.84. The smallest absolute Gasteiger partial charge is 0.289 e. The molecule has 1 aliphatic rings. The van der Waals surface area contributed by atoms with Gasteiger partial charge in [0.15, 0.2) is 5.76 Å². The van der Waals surface area contributed by atoms with Crippen molar-refractivity contribution in [2.75, 3.05) is 32.7 Å². The van der Waals surface area contributed by atoms with Gasteiger partial charge in [-0.2, -0.15) is 0 Å². The number of furan rings is 1. The van der Waals surface area contributed by atoms with E-state index < -0.39 is 11.7 Å². The van der Waals surface area contributed by atoms with Gasteiger partial charge in [0.1, 0.15) is 5.82 Å². The van der Waals surface area contributed by atoms with Crippen molar-refractivity contribution in [2.45, 2.75) is 0 Å². The SMILES string of the molecule is O=C(NCC(=O)N1CCN(C(=O)c2ccco2)CC1)c1c(F)cccc1Cl. The van der Waals surface area contributed by atoms with Crippen LogP contribution >= 0.6 is 11.6 Å². The number of hydrogen-bond acceptors (Lipinski definition) is 4. The fourth-order valence-electron chi connectivity index (χ4n) is 2.79. The van der Waals surface area contributed by atoms with E-state index in [1.807, 2.05) is 0 Å². The van der Waals surface area contributed by atoms with E-state index in [0.717, 1.165) is 6.07 Å². The molecule has 3 rings (SSSR count). The number of amides is 3. The molecule has 1 fully saturated rings. The van der Waals surface area contributed by atoms with Crippen LogP contribution in [0.15, 0.2) is 41.0 Å². The molecule has 0 saturated carbocycles. The van der Waals surface area contributed by atoms with Gasteiger partial charge < -0.3 is 19.5 Å². The zero-order valence-electron chi connectivity index (χ0n) is 14.3. The van der Waals surface area contributed by atoms with Crippen molar-refractivity contribution < 1.29 is 23.2 Å². The first kappa shape index (κ1) is 18.9. The molecule has 1 aromatic heterocycles. The molecule has 7 nitrogen and oxygen atoms in total. The van der Waals surface area contributed by atoms with Gasteiger partial charge in [-0.1, -0.05) is 17.7 Å². The highest BCUT2D eigenvalue weighted by Gasteiger charge is 2.26. The maximum absolute atomic E-state index is 13.7. The van der Waals surface area contributed by atoms with E-state index in [4.69, 9.17) is 16.0 Å². The minimum absolute atomic E-state index is 0.0231. The first-order valence-electron chi connectivity index (χ1n) is 8.30. The maximum atomic E-state index is 13.7. The highest BCUT2D eigenvalue weighted by Crippen LogP contribution is 2.18. The number of hydrogen-bond donors (Lipinski definition) is 1. The summed E-state index contributed by atoms with van der Waals surface area (Å²) in [4.78, 5) is 39.7. The molecule has 9 heteroatoms. The van der Waals surface area contributed by atoms with Gasteiger partial charge in [0, 0.05) is 26.2 Å². The highest BCUT2D eigenvalue weighted by atomic mass is 35.5. The van der Waals surface area contributed by atoms with E-state index >= 15 is 0 Å². The van der Waals surface area contributed by atoms with Crippen LogP contribution in [0.3, 0.4) is 0 Å². The fraction of sp³-hybridized carbons (Fsp3) is 0.278. The highest BCUT2D eigenvalue weighted by molar-refractivity contribution is 6.33. The monoisotopic (exact) mass is 393 g/mol. The normalized spacial score (nSPS) is 14.1. The lowest BCUT2D eigenvalue weighted by atomic mass is 10.2. The third kappa shape index (κ3) is 4.28. The molecule has 0 radical (unpaired) electrons. The lowest BCUT2D eigenvalue weighted by molar-refractivity contribution is -0.131. The summed E-state index contributed by atoms with van der Waals surface area (Å²) < 4.78 is 18.8. The Kier molecular flexibility index (Phi) is 5.75. The summed E-state index contributed by atoms with van der Waals surface area (Å²) in [6, 6.07) is 7.14. The van der Waals surface area contributed by atoms with Gasteiger partial charge in [0.2, 0.25) is 5.91 Å². The first-order valence-corrected chi connectivity index (χ1v) is 8.68. The van der Waals surface area contributed by atoms with Crippen LogP contribution in [-0.2, 0) is 4.79 Å². The van der Waals surface area contributed by atoms with Gasteiger partial charge in [-0.3, -0.25) is 14.4 Å². The third-order valence-corrected chi connectivity index (χ3v) is 4.56. The largest absolute Gasteiger partial charge is 0.459 e. The molecule has 1 N–H and O–H groups in total. The van der Waals surface area contributed by atoms with Crippen LogP contribution < -0.4 is 5.32 Å². The second-order valence-corrected chi connectivity index (χ2v) is 6.34. The first-order chi connectivity index (χ1) is 13.0. The van der Waals surface area contributed by atoms with E-state index in [2.05, 4.69) is 5.32 Å². The van der Waals surface area contributed by atoms with Crippen molar-refractivity contribution in [3.05, 3.63) is 58.8 Å². The van der Waals surface area contributed by atoms with Gasteiger partial charge in [-0.25, -0.2) is 4.39 Å². The Morgan fingerprint density at radius 2 is 1.78 bits per heavy atom. The number of halogens is 2. The van der Waals surface area contributed by atoms with Crippen molar-refractivity contribution >= 4 is 29.3 Å². The Bertz CT molecular complexity index is 828. The Morgan fingerprint density at radius 3 is 2.41 bits per heavy atom. The lowest BCUT2D eigenvalue weighted by Gasteiger charge is -2.34. The maximum Gasteiger partial charge on any atom is 0.289 e. The molecule has 27 heavy (non-hydrogen) atoms. The average molecular weight is 394 g/mol. The number of nitrogens with one attached hydrogen (secondary N) is 1. The number of nitrogens with zero attached hydrogens (tertiary/aromatic N) is 2.